The number of piperidine rings is 1. The van der Waals surface area contributed by atoms with Crippen LogP contribution < -0.4 is 9.64 Å². The highest BCUT2D eigenvalue weighted by atomic mass is 19.3. The van der Waals surface area contributed by atoms with Crippen LogP contribution in [-0.4, -0.2) is 43.7 Å². The van der Waals surface area contributed by atoms with E-state index in [-0.39, 0.29) is 43.5 Å². The fourth-order valence-electron chi connectivity index (χ4n) is 2.65. The third-order valence-corrected chi connectivity index (χ3v) is 3.91. The molecule has 3 heterocycles. The molecule has 0 unspecified atom stereocenters. The fraction of sp³-hybridized carbons (Fsp3) is 0.500. The number of hydrogen-bond donors (Lipinski definition) is 0. The monoisotopic (exact) mass is 354 g/mol. The Hall–Kier alpha value is -2.85. The van der Waals surface area contributed by atoms with Gasteiger partial charge in [-0.15, -0.1) is 0 Å². The van der Waals surface area contributed by atoms with Gasteiger partial charge in [-0.2, -0.15) is 10.1 Å². The normalized spacial score (nSPS) is 16.7. The van der Waals surface area contributed by atoms with Crippen LogP contribution in [0.3, 0.4) is 0 Å². The van der Waals surface area contributed by atoms with Gasteiger partial charge in [0, 0.05) is 39.0 Å². The van der Waals surface area contributed by atoms with Crippen LogP contribution >= 0.6 is 0 Å². The molecule has 0 aliphatic carbocycles. The van der Waals surface area contributed by atoms with Crippen molar-refractivity contribution >= 4 is 11.5 Å². The standard InChI is InChI=1S/C14H16F2N6O3/c1-9-7-10(20(2)19-9)25-13-11(22(23)24)12(17-8-18-13)21-5-3-14(15,16)4-6-21/h7-8H,3-6H2,1-2H3. The molecule has 11 heteroatoms. The number of aryl methyl sites for hydroxylation is 2. The van der Waals surface area contributed by atoms with Gasteiger partial charge in [0.15, 0.2) is 0 Å². The number of aromatic nitrogens is 4. The Morgan fingerprint density at radius 3 is 2.56 bits per heavy atom. The van der Waals surface area contributed by atoms with E-state index in [9.17, 15) is 18.9 Å². The first-order valence-electron chi connectivity index (χ1n) is 7.57. The van der Waals surface area contributed by atoms with E-state index >= 15 is 0 Å². The third-order valence-electron chi connectivity index (χ3n) is 3.91. The molecule has 0 amide bonds. The average Bonchev–Trinajstić information content (AvgIpc) is 2.84. The van der Waals surface area contributed by atoms with Crippen molar-refractivity contribution in [3.05, 3.63) is 28.2 Å². The highest BCUT2D eigenvalue weighted by molar-refractivity contribution is 5.63. The van der Waals surface area contributed by atoms with Gasteiger partial charge in [0.25, 0.3) is 5.92 Å². The molecule has 0 spiro atoms. The van der Waals surface area contributed by atoms with Gasteiger partial charge in [-0.1, -0.05) is 0 Å². The molecule has 134 valence electrons. The topological polar surface area (TPSA) is 99.2 Å². The van der Waals surface area contributed by atoms with Crippen molar-refractivity contribution in [1.29, 1.82) is 0 Å². The van der Waals surface area contributed by atoms with E-state index in [0.717, 1.165) is 6.33 Å². The van der Waals surface area contributed by atoms with Gasteiger partial charge in [0.2, 0.25) is 11.7 Å². The zero-order valence-electron chi connectivity index (χ0n) is 13.6. The Morgan fingerprint density at radius 2 is 2.00 bits per heavy atom. The summed E-state index contributed by atoms with van der Waals surface area (Å²) in [7, 11) is 1.63. The van der Waals surface area contributed by atoms with Crippen LogP contribution in [0.4, 0.5) is 20.3 Å². The van der Waals surface area contributed by atoms with Gasteiger partial charge in [-0.05, 0) is 6.92 Å². The minimum atomic E-state index is -2.76. The summed E-state index contributed by atoms with van der Waals surface area (Å²) >= 11 is 0. The maximum absolute atomic E-state index is 13.3. The number of rotatable bonds is 4. The van der Waals surface area contributed by atoms with E-state index in [2.05, 4.69) is 15.1 Å². The van der Waals surface area contributed by atoms with Crippen LogP contribution in [0.1, 0.15) is 18.5 Å². The lowest BCUT2D eigenvalue weighted by molar-refractivity contribution is -0.385. The van der Waals surface area contributed by atoms with Crippen molar-refractivity contribution in [2.45, 2.75) is 25.7 Å². The van der Waals surface area contributed by atoms with Gasteiger partial charge < -0.3 is 9.64 Å². The molecule has 0 radical (unpaired) electrons. The number of alkyl halides is 2. The quantitative estimate of drug-likeness (QED) is 0.614. The van der Waals surface area contributed by atoms with Crippen LogP contribution in [0.5, 0.6) is 11.8 Å². The predicted octanol–water partition coefficient (Wildman–Crippen LogP) is 2.45. The first kappa shape index (κ1) is 17.0. The lowest BCUT2D eigenvalue weighted by Gasteiger charge is -2.32. The summed E-state index contributed by atoms with van der Waals surface area (Å²) in [5, 5.41) is 15.6. The van der Waals surface area contributed by atoms with E-state index in [1.807, 2.05) is 0 Å². The minimum absolute atomic E-state index is 0.0237. The van der Waals surface area contributed by atoms with Crippen molar-refractivity contribution in [3.8, 4) is 11.8 Å². The number of hydrogen-bond acceptors (Lipinski definition) is 7. The zero-order chi connectivity index (χ0) is 18.2. The summed E-state index contributed by atoms with van der Waals surface area (Å²) < 4.78 is 33.6. The number of nitrogens with zero attached hydrogens (tertiary/aromatic N) is 6. The van der Waals surface area contributed by atoms with Crippen LogP contribution in [0.2, 0.25) is 0 Å². The molecular formula is C14H16F2N6O3. The van der Waals surface area contributed by atoms with Gasteiger partial charge in [-0.3, -0.25) is 10.1 Å². The maximum Gasteiger partial charge on any atom is 0.373 e. The third kappa shape index (κ3) is 3.49. The molecule has 0 aromatic carbocycles. The Bertz CT molecular complexity index is 800. The largest absolute Gasteiger partial charge is 0.415 e. The Balaban J connectivity index is 1.95. The average molecular weight is 354 g/mol. The Morgan fingerprint density at radius 1 is 1.32 bits per heavy atom. The first-order chi connectivity index (χ1) is 11.8. The van der Waals surface area contributed by atoms with E-state index in [1.165, 1.54) is 9.58 Å². The van der Waals surface area contributed by atoms with Crippen LogP contribution in [0.25, 0.3) is 0 Å². The first-order valence-corrected chi connectivity index (χ1v) is 7.57. The molecule has 3 rings (SSSR count). The SMILES string of the molecule is Cc1cc(Oc2ncnc(N3CCC(F)(F)CC3)c2[N+](=O)[O-])n(C)n1. The summed E-state index contributed by atoms with van der Waals surface area (Å²) in [5.41, 5.74) is 0.222. The molecule has 9 nitrogen and oxygen atoms in total. The molecule has 0 bridgehead atoms. The maximum atomic E-state index is 13.3. The van der Waals surface area contributed by atoms with E-state index in [0.29, 0.717) is 5.69 Å². The fourth-order valence-corrected chi connectivity index (χ4v) is 2.65. The van der Waals surface area contributed by atoms with Gasteiger partial charge in [0.1, 0.15) is 6.33 Å². The molecule has 1 saturated heterocycles. The summed E-state index contributed by atoms with van der Waals surface area (Å²) in [6, 6.07) is 1.60. The summed E-state index contributed by atoms with van der Waals surface area (Å²) in [6.07, 6.45) is 0.351. The van der Waals surface area contributed by atoms with Crippen molar-refractivity contribution in [2.24, 2.45) is 7.05 Å². The van der Waals surface area contributed by atoms with Gasteiger partial charge >= 0.3 is 11.6 Å². The van der Waals surface area contributed by atoms with E-state index in [4.69, 9.17) is 4.74 Å². The summed E-state index contributed by atoms with van der Waals surface area (Å²) in [5.74, 6) is -2.76. The molecule has 1 aliphatic rings. The smallest absolute Gasteiger partial charge is 0.373 e. The number of anilines is 1. The second kappa shape index (κ2) is 6.22. The van der Waals surface area contributed by atoms with Gasteiger partial charge in [0.05, 0.1) is 10.6 Å². The van der Waals surface area contributed by atoms with Crippen molar-refractivity contribution in [2.75, 3.05) is 18.0 Å². The molecular weight excluding hydrogens is 338 g/mol. The molecule has 25 heavy (non-hydrogen) atoms. The summed E-state index contributed by atoms with van der Waals surface area (Å²) in [4.78, 5) is 20.1. The predicted molar refractivity (Wildman–Crippen MR) is 83.1 cm³/mol. The minimum Gasteiger partial charge on any atom is -0.415 e. The molecule has 0 N–H and O–H groups in total. The number of ether oxygens (including phenoxy) is 1. The molecule has 0 atom stereocenters. The van der Waals surface area contributed by atoms with Crippen LogP contribution in [-0.2, 0) is 7.05 Å². The highest BCUT2D eigenvalue weighted by Gasteiger charge is 2.37. The van der Waals surface area contributed by atoms with Crippen LogP contribution in [0.15, 0.2) is 12.4 Å². The lowest BCUT2D eigenvalue weighted by atomic mass is 10.1. The number of nitro groups is 1. The number of halogens is 2. The molecule has 0 saturated carbocycles. The Kier molecular flexibility index (Phi) is 4.23. The zero-order valence-corrected chi connectivity index (χ0v) is 13.6. The second-order valence-electron chi connectivity index (χ2n) is 5.80. The Labute approximate surface area is 141 Å². The van der Waals surface area contributed by atoms with Crippen LogP contribution in [0, 0.1) is 17.0 Å². The summed E-state index contributed by atoms with van der Waals surface area (Å²) in [6.45, 7) is 1.69. The van der Waals surface area contributed by atoms with Crippen molar-refractivity contribution < 1.29 is 18.4 Å². The van der Waals surface area contributed by atoms with E-state index < -0.39 is 16.5 Å². The van der Waals surface area contributed by atoms with Crippen molar-refractivity contribution in [3.63, 3.8) is 0 Å². The molecule has 1 fully saturated rings. The van der Waals surface area contributed by atoms with E-state index in [1.54, 1.807) is 20.0 Å². The van der Waals surface area contributed by atoms with Crippen molar-refractivity contribution in [1.82, 2.24) is 19.7 Å². The molecule has 2 aromatic heterocycles. The van der Waals surface area contributed by atoms with Gasteiger partial charge in [-0.25, -0.2) is 18.4 Å². The molecule has 1 aliphatic heterocycles. The second-order valence-corrected chi connectivity index (χ2v) is 5.80. The highest BCUT2D eigenvalue weighted by Crippen LogP contribution is 2.38. The molecule has 2 aromatic rings. The lowest BCUT2D eigenvalue weighted by Crippen LogP contribution is -2.40.